The van der Waals surface area contributed by atoms with Crippen molar-refractivity contribution < 1.29 is 8.85 Å². The SMILES string of the molecule is CC(C)(C)[Si](C)(C)OCC[CH]CCO[Si](C)(C)C(C)(C)C. The highest BCUT2D eigenvalue weighted by Gasteiger charge is 2.37. The van der Waals surface area contributed by atoms with Gasteiger partial charge in [0, 0.05) is 13.2 Å². The van der Waals surface area contributed by atoms with E-state index in [-0.39, 0.29) is 0 Å². The largest absolute Gasteiger partial charge is 0.417 e. The summed E-state index contributed by atoms with van der Waals surface area (Å²) >= 11 is 0. The number of hydrogen-bond donors (Lipinski definition) is 0. The molecule has 21 heavy (non-hydrogen) atoms. The van der Waals surface area contributed by atoms with Crippen LogP contribution in [-0.4, -0.2) is 29.8 Å². The summed E-state index contributed by atoms with van der Waals surface area (Å²) in [4.78, 5) is 0. The Morgan fingerprint density at radius 3 is 1.19 bits per heavy atom. The first-order chi connectivity index (χ1) is 9.21. The van der Waals surface area contributed by atoms with Gasteiger partial charge in [0.15, 0.2) is 16.6 Å². The summed E-state index contributed by atoms with van der Waals surface area (Å²) < 4.78 is 12.3. The molecule has 0 rings (SSSR count). The van der Waals surface area contributed by atoms with Gasteiger partial charge in [0.25, 0.3) is 0 Å². The molecule has 0 fully saturated rings. The lowest BCUT2D eigenvalue weighted by Gasteiger charge is -2.36. The van der Waals surface area contributed by atoms with E-state index < -0.39 is 16.6 Å². The summed E-state index contributed by atoms with van der Waals surface area (Å²) in [6.45, 7) is 24.7. The molecule has 0 bridgehead atoms. The third-order valence-electron chi connectivity index (χ3n) is 5.18. The van der Waals surface area contributed by atoms with E-state index in [1.165, 1.54) is 0 Å². The van der Waals surface area contributed by atoms with Crippen molar-refractivity contribution in [2.45, 2.75) is 90.6 Å². The molecule has 0 saturated carbocycles. The third-order valence-corrected chi connectivity index (χ3v) is 14.3. The van der Waals surface area contributed by atoms with Crippen LogP contribution in [0.1, 0.15) is 54.4 Å². The molecule has 0 N–H and O–H groups in total. The average molecular weight is 332 g/mol. The predicted octanol–water partition coefficient (Wildman–Crippen LogP) is 6.01. The van der Waals surface area contributed by atoms with Crippen molar-refractivity contribution in [1.82, 2.24) is 0 Å². The van der Waals surface area contributed by atoms with Crippen LogP contribution in [0.5, 0.6) is 0 Å². The van der Waals surface area contributed by atoms with Crippen LogP contribution in [0.3, 0.4) is 0 Å². The lowest BCUT2D eigenvalue weighted by atomic mass is 10.2. The van der Waals surface area contributed by atoms with Gasteiger partial charge in [-0.1, -0.05) is 41.5 Å². The fraction of sp³-hybridized carbons (Fsp3) is 0.941. The molecule has 2 nitrogen and oxygen atoms in total. The zero-order valence-corrected chi connectivity index (χ0v) is 18.2. The fourth-order valence-corrected chi connectivity index (χ4v) is 3.49. The first kappa shape index (κ1) is 21.4. The molecule has 0 heterocycles. The van der Waals surface area contributed by atoms with Crippen molar-refractivity contribution in [2.24, 2.45) is 0 Å². The molecule has 0 aromatic carbocycles. The van der Waals surface area contributed by atoms with Crippen LogP contribution in [0.25, 0.3) is 0 Å². The molecule has 0 saturated heterocycles. The number of hydrogen-bond acceptors (Lipinski definition) is 2. The first-order valence-corrected chi connectivity index (χ1v) is 14.1. The Labute approximate surface area is 136 Å². The normalized spacial score (nSPS) is 14.6. The second kappa shape index (κ2) is 7.76. The van der Waals surface area contributed by atoms with Crippen molar-refractivity contribution in [3.05, 3.63) is 6.42 Å². The lowest BCUT2D eigenvalue weighted by Crippen LogP contribution is -2.41. The zero-order chi connectivity index (χ0) is 16.9. The molecular weight excluding hydrogens is 292 g/mol. The third kappa shape index (κ3) is 7.44. The van der Waals surface area contributed by atoms with E-state index in [0.717, 1.165) is 26.1 Å². The van der Waals surface area contributed by atoms with Crippen LogP contribution in [0.2, 0.25) is 36.3 Å². The zero-order valence-electron chi connectivity index (χ0n) is 16.2. The minimum atomic E-state index is -1.57. The highest BCUT2D eigenvalue weighted by atomic mass is 28.4. The van der Waals surface area contributed by atoms with Crippen LogP contribution < -0.4 is 0 Å². The standard InChI is InChI=1S/C17H39O2Si2/c1-16(2,3)20(7,8)18-14-12-11-13-15-19-21(9,10)17(4,5)6/h11H,12-15H2,1-10H3. The highest BCUT2D eigenvalue weighted by molar-refractivity contribution is 6.74. The average Bonchev–Trinajstić information content (AvgIpc) is 2.24. The van der Waals surface area contributed by atoms with E-state index in [4.69, 9.17) is 8.85 Å². The Kier molecular flexibility index (Phi) is 7.89. The number of rotatable bonds is 8. The Balaban J connectivity index is 3.81. The lowest BCUT2D eigenvalue weighted by molar-refractivity contribution is 0.274. The smallest absolute Gasteiger partial charge is 0.191 e. The van der Waals surface area contributed by atoms with Gasteiger partial charge >= 0.3 is 0 Å². The van der Waals surface area contributed by atoms with Crippen LogP contribution in [0.4, 0.5) is 0 Å². The van der Waals surface area contributed by atoms with Crippen LogP contribution in [0, 0.1) is 6.42 Å². The Morgan fingerprint density at radius 2 is 0.952 bits per heavy atom. The predicted molar refractivity (Wildman–Crippen MR) is 99.8 cm³/mol. The monoisotopic (exact) mass is 331 g/mol. The van der Waals surface area contributed by atoms with E-state index in [1.807, 2.05) is 0 Å². The van der Waals surface area contributed by atoms with Crippen LogP contribution in [0.15, 0.2) is 0 Å². The summed E-state index contributed by atoms with van der Waals surface area (Å²) in [5.74, 6) is 0. The molecule has 127 valence electrons. The van der Waals surface area contributed by atoms with E-state index >= 15 is 0 Å². The van der Waals surface area contributed by atoms with Crippen molar-refractivity contribution in [1.29, 1.82) is 0 Å². The highest BCUT2D eigenvalue weighted by Crippen LogP contribution is 2.37. The molecule has 0 aromatic heterocycles. The number of unbranched alkanes of at least 4 members (excludes halogenated alkanes) is 2. The molecule has 0 aliphatic rings. The van der Waals surface area contributed by atoms with Gasteiger partial charge < -0.3 is 8.85 Å². The van der Waals surface area contributed by atoms with Gasteiger partial charge in [-0.25, -0.2) is 0 Å². The van der Waals surface area contributed by atoms with Crippen molar-refractivity contribution in [3.63, 3.8) is 0 Å². The minimum absolute atomic E-state index is 0.304. The van der Waals surface area contributed by atoms with Gasteiger partial charge in [0.05, 0.1) is 0 Å². The van der Waals surface area contributed by atoms with Crippen molar-refractivity contribution in [3.8, 4) is 0 Å². The van der Waals surface area contributed by atoms with Crippen molar-refractivity contribution in [2.75, 3.05) is 13.2 Å². The van der Waals surface area contributed by atoms with E-state index in [2.05, 4.69) is 74.2 Å². The second-order valence-corrected chi connectivity index (χ2v) is 18.7. The molecule has 0 aromatic rings. The molecule has 0 spiro atoms. The Morgan fingerprint density at radius 1 is 0.667 bits per heavy atom. The Bertz CT molecular complexity index is 269. The van der Waals surface area contributed by atoms with Crippen LogP contribution in [-0.2, 0) is 8.85 Å². The molecule has 0 atom stereocenters. The van der Waals surface area contributed by atoms with Gasteiger partial charge in [0.1, 0.15) is 0 Å². The first-order valence-electron chi connectivity index (χ1n) is 8.30. The minimum Gasteiger partial charge on any atom is -0.417 e. The maximum Gasteiger partial charge on any atom is 0.191 e. The van der Waals surface area contributed by atoms with Gasteiger partial charge in [-0.15, -0.1) is 0 Å². The summed E-state index contributed by atoms with van der Waals surface area (Å²) in [7, 11) is -3.15. The quantitative estimate of drug-likeness (QED) is 0.400. The maximum atomic E-state index is 6.17. The summed E-state index contributed by atoms with van der Waals surface area (Å²) in [6.07, 6.45) is 4.39. The molecule has 0 aliphatic carbocycles. The molecule has 0 aliphatic heterocycles. The van der Waals surface area contributed by atoms with Gasteiger partial charge in [-0.2, -0.15) is 0 Å². The van der Waals surface area contributed by atoms with E-state index in [0.29, 0.717) is 10.1 Å². The Hall–Kier alpha value is 0.354. The summed E-state index contributed by atoms with van der Waals surface area (Å²) in [5.41, 5.74) is 0. The molecule has 0 amide bonds. The molecule has 1 radical (unpaired) electrons. The van der Waals surface area contributed by atoms with E-state index in [1.54, 1.807) is 0 Å². The fourth-order valence-electron chi connectivity index (χ4n) is 1.37. The topological polar surface area (TPSA) is 18.5 Å². The summed E-state index contributed by atoms with van der Waals surface area (Å²) in [5, 5.41) is 0.608. The van der Waals surface area contributed by atoms with Crippen molar-refractivity contribution >= 4 is 16.6 Å². The van der Waals surface area contributed by atoms with E-state index in [9.17, 15) is 0 Å². The van der Waals surface area contributed by atoms with Crippen LogP contribution >= 0.6 is 0 Å². The summed E-state index contributed by atoms with van der Waals surface area (Å²) in [6, 6.07) is 0. The second-order valence-electron chi connectivity index (χ2n) is 9.08. The van der Waals surface area contributed by atoms with Gasteiger partial charge in [-0.3, -0.25) is 0 Å². The van der Waals surface area contributed by atoms with Gasteiger partial charge in [0.2, 0.25) is 0 Å². The maximum absolute atomic E-state index is 6.17. The molecule has 4 heteroatoms. The molecular formula is C17H39O2Si2. The molecule has 0 unspecified atom stereocenters. The van der Waals surface area contributed by atoms with Gasteiger partial charge in [-0.05, 0) is 55.5 Å².